The van der Waals surface area contributed by atoms with Crippen molar-refractivity contribution in [2.45, 2.75) is 22.7 Å². The molecule has 2 aromatic carbocycles. The van der Waals surface area contributed by atoms with Gasteiger partial charge in [-0.25, -0.2) is 0 Å². The Kier molecular flexibility index (Phi) is 14.6. The monoisotopic (exact) mass is 334 g/mol. The third-order valence-corrected chi connectivity index (χ3v) is 4.69. The smallest absolute Gasteiger partial charge is 0.0623 e. The van der Waals surface area contributed by atoms with E-state index in [0.717, 1.165) is 0 Å². The van der Waals surface area contributed by atoms with Gasteiger partial charge >= 0.3 is 43.9 Å². The first-order chi connectivity index (χ1) is 8.41. The average molecular weight is 333 g/mol. The molecule has 0 bridgehead atoms. The molecule has 2 rings (SSSR count). The molecule has 0 aromatic heterocycles. The minimum atomic E-state index is 0.218. The van der Waals surface area contributed by atoms with Crippen LogP contribution < -0.4 is 0 Å². The molecule has 2 aromatic rings. The zero-order valence-electron chi connectivity index (χ0n) is 10.8. The van der Waals surface area contributed by atoms with Gasteiger partial charge in [-0.15, -0.1) is 0 Å². The van der Waals surface area contributed by atoms with Gasteiger partial charge < -0.3 is 0 Å². The molecule has 0 aliphatic heterocycles. The number of rotatable bonds is 2. The Balaban J connectivity index is 0.000000228. The van der Waals surface area contributed by atoms with Crippen LogP contribution in [0.25, 0.3) is 0 Å². The van der Waals surface area contributed by atoms with Crippen LogP contribution in [0.15, 0.2) is 72.8 Å². The summed E-state index contributed by atoms with van der Waals surface area (Å²) in [6.07, 6.45) is 0. The molecule has 0 atom stereocenters. The zero-order chi connectivity index (χ0) is 12.6. The fourth-order valence-electron chi connectivity index (χ4n) is 1.02. The predicted octanol–water partition coefficient (Wildman–Crippen LogP) is 4.94. The van der Waals surface area contributed by atoms with Crippen LogP contribution in [0.1, 0.15) is 13.8 Å². The molecular weight excluding hydrogens is 311 g/mol. The largest absolute Gasteiger partial charge is 0.0623 e. The Hall–Kier alpha value is -0.761. The van der Waals surface area contributed by atoms with Crippen LogP contribution in [0, 0.1) is 0 Å². The quantitative estimate of drug-likeness (QED) is 0.683. The van der Waals surface area contributed by atoms with Crippen molar-refractivity contribution in [1.29, 1.82) is 0 Å². The van der Waals surface area contributed by atoms with Gasteiger partial charge in [-0.2, -0.15) is 0 Å². The van der Waals surface area contributed by atoms with Crippen molar-refractivity contribution in [3.63, 3.8) is 0 Å². The van der Waals surface area contributed by atoms with Gasteiger partial charge in [0, 0.05) is 0 Å². The van der Waals surface area contributed by atoms with Crippen molar-refractivity contribution in [3.05, 3.63) is 72.8 Å². The molecule has 0 aliphatic carbocycles. The van der Waals surface area contributed by atoms with Crippen molar-refractivity contribution in [2.75, 3.05) is 0 Å². The average Bonchev–Trinajstić information content (AvgIpc) is 2.45. The molecule has 2 radical (unpaired) electrons. The van der Waals surface area contributed by atoms with Gasteiger partial charge in [0.25, 0.3) is 0 Å². The molecule has 0 fully saturated rings. The van der Waals surface area contributed by atoms with Gasteiger partial charge in [0.05, 0.1) is 0 Å². The second kappa shape index (κ2) is 15.2. The summed E-state index contributed by atoms with van der Waals surface area (Å²) in [5.41, 5.74) is 0. The maximum atomic E-state index is 2.29. The molecule has 0 unspecified atom stereocenters. The summed E-state index contributed by atoms with van der Waals surface area (Å²) in [6.45, 7) is 4.57. The normalized spacial score (nSPS) is 8.12. The van der Waals surface area contributed by atoms with E-state index in [9.17, 15) is 0 Å². The van der Waals surface area contributed by atoms with Gasteiger partial charge in [0.2, 0.25) is 0 Å². The minimum absolute atomic E-state index is 0.218. The Bertz CT molecular complexity index is 218. The number of hydrogen-bond acceptors (Lipinski definition) is 0. The van der Waals surface area contributed by atoms with Crippen LogP contribution in [0.2, 0.25) is 8.87 Å². The molecule has 0 spiro atoms. The van der Waals surface area contributed by atoms with E-state index >= 15 is 0 Å². The van der Waals surface area contributed by atoms with Gasteiger partial charge in [-0.05, 0) is 0 Å². The standard InChI is InChI=1S/2C6H6.2C2H5.Sn/c2*1-2-4-6-5-3-1;2*1-2;/h2*1-6H;2*1H2,2H3;. The Morgan fingerprint density at radius 2 is 0.647 bits per heavy atom. The molecule has 0 amide bonds. The SMILES string of the molecule is C[CH2][Sn][CH2]C.c1ccccc1.c1ccccc1. The first kappa shape index (κ1) is 16.2. The summed E-state index contributed by atoms with van der Waals surface area (Å²) in [4.78, 5) is 0. The second-order valence-corrected chi connectivity index (χ2v) is 8.73. The molecule has 0 saturated heterocycles. The Labute approximate surface area is 116 Å². The van der Waals surface area contributed by atoms with Crippen molar-refractivity contribution in [2.24, 2.45) is 0 Å². The van der Waals surface area contributed by atoms with E-state index in [1.807, 2.05) is 72.8 Å². The minimum Gasteiger partial charge on any atom is -0.0623 e. The predicted molar refractivity (Wildman–Crippen MR) is 79.6 cm³/mol. The van der Waals surface area contributed by atoms with Crippen molar-refractivity contribution in [1.82, 2.24) is 0 Å². The summed E-state index contributed by atoms with van der Waals surface area (Å²) >= 11 is 0.218. The first-order valence-electron chi connectivity index (χ1n) is 6.12. The fraction of sp³-hybridized carbons (Fsp3) is 0.250. The summed E-state index contributed by atoms with van der Waals surface area (Å²) in [7, 11) is 0. The zero-order valence-corrected chi connectivity index (χ0v) is 13.7. The van der Waals surface area contributed by atoms with Crippen LogP contribution in [0.3, 0.4) is 0 Å². The van der Waals surface area contributed by atoms with E-state index in [0.29, 0.717) is 0 Å². The van der Waals surface area contributed by atoms with Crippen molar-refractivity contribution in [3.8, 4) is 0 Å². The van der Waals surface area contributed by atoms with Crippen LogP contribution in [-0.4, -0.2) is 21.1 Å². The molecule has 0 nitrogen and oxygen atoms in total. The van der Waals surface area contributed by atoms with E-state index in [2.05, 4.69) is 13.8 Å². The third kappa shape index (κ3) is 15.2. The molecule has 1 heteroatoms. The van der Waals surface area contributed by atoms with E-state index in [-0.39, 0.29) is 21.1 Å². The molecule has 0 aliphatic rings. The third-order valence-electron chi connectivity index (χ3n) is 1.83. The molecule has 0 N–H and O–H groups in total. The summed E-state index contributed by atoms with van der Waals surface area (Å²) in [5.74, 6) is 0. The van der Waals surface area contributed by atoms with Gasteiger partial charge in [0.1, 0.15) is 0 Å². The second-order valence-electron chi connectivity index (χ2n) is 3.27. The van der Waals surface area contributed by atoms with Gasteiger partial charge in [-0.1, -0.05) is 72.8 Å². The van der Waals surface area contributed by atoms with Crippen molar-refractivity contribution >= 4 is 21.1 Å². The van der Waals surface area contributed by atoms with E-state index in [1.54, 1.807) is 0 Å². The molecule has 17 heavy (non-hydrogen) atoms. The van der Waals surface area contributed by atoms with E-state index < -0.39 is 0 Å². The van der Waals surface area contributed by atoms with Crippen molar-refractivity contribution < 1.29 is 0 Å². The summed E-state index contributed by atoms with van der Waals surface area (Å²) in [5, 5.41) is 0. The summed E-state index contributed by atoms with van der Waals surface area (Å²) in [6, 6.07) is 24.0. The number of benzene rings is 2. The Morgan fingerprint density at radius 1 is 0.471 bits per heavy atom. The van der Waals surface area contributed by atoms with Gasteiger partial charge in [0.15, 0.2) is 0 Å². The maximum Gasteiger partial charge on any atom is -0.0623 e. The fourth-order valence-corrected chi connectivity index (χ4v) is 2.45. The van der Waals surface area contributed by atoms with Crippen LogP contribution >= 0.6 is 0 Å². The van der Waals surface area contributed by atoms with Crippen LogP contribution in [0.4, 0.5) is 0 Å². The molecule has 0 saturated carbocycles. The first-order valence-corrected chi connectivity index (χ1v) is 10.2. The maximum absolute atomic E-state index is 2.29. The topological polar surface area (TPSA) is 0 Å². The Morgan fingerprint density at radius 3 is 0.706 bits per heavy atom. The van der Waals surface area contributed by atoms with Gasteiger partial charge in [-0.3, -0.25) is 0 Å². The van der Waals surface area contributed by atoms with E-state index in [4.69, 9.17) is 0 Å². The van der Waals surface area contributed by atoms with Crippen LogP contribution in [-0.2, 0) is 0 Å². The number of hydrogen-bond donors (Lipinski definition) is 0. The molecule has 90 valence electrons. The summed E-state index contributed by atoms with van der Waals surface area (Å²) < 4.78 is 3.03. The molecular formula is C16H22Sn. The van der Waals surface area contributed by atoms with Crippen LogP contribution in [0.5, 0.6) is 0 Å². The molecule has 0 heterocycles. The van der Waals surface area contributed by atoms with E-state index in [1.165, 1.54) is 8.87 Å².